The maximum atomic E-state index is 9.19. The number of hydrogen-bond donors (Lipinski definition) is 0. The molecule has 0 fully saturated rings. The van der Waals surface area contributed by atoms with Gasteiger partial charge in [-0.2, -0.15) is 56.7 Å². The van der Waals surface area contributed by atoms with Crippen molar-refractivity contribution in [2.24, 2.45) is 0 Å². The van der Waals surface area contributed by atoms with Gasteiger partial charge in [-0.15, -0.1) is 5.39 Å². The van der Waals surface area contributed by atoms with Crippen molar-refractivity contribution in [3.05, 3.63) is 102 Å². The van der Waals surface area contributed by atoms with Gasteiger partial charge in [-0.05, 0) is 49.5 Å². The zero-order valence-corrected chi connectivity index (χ0v) is 21.4. The van der Waals surface area contributed by atoms with Crippen LogP contribution in [-0.2, 0) is 26.5 Å². The van der Waals surface area contributed by atoms with E-state index in [9.17, 15) is 5.26 Å². The van der Waals surface area contributed by atoms with Gasteiger partial charge < -0.3 is 8.83 Å². The van der Waals surface area contributed by atoms with Crippen LogP contribution in [0.25, 0.3) is 38.2 Å². The molecule has 9 heteroatoms. The van der Waals surface area contributed by atoms with Crippen LogP contribution in [0.3, 0.4) is 0 Å². The average molecular weight is 652 g/mol. The first-order valence-electron chi connectivity index (χ1n) is 10.8. The third-order valence-corrected chi connectivity index (χ3v) is 6.04. The molecule has 0 aliphatic carbocycles. The van der Waals surface area contributed by atoms with Crippen molar-refractivity contribution in [2.75, 3.05) is 0 Å². The monoisotopic (exact) mass is 651 g/mol. The Morgan fingerprint density at radius 3 is 2.03 bits per heavy atom. The second kappa shape index (κ2) is 8.68. The van der Waals surface area contributed by atoms with Crippen molar-refractivity contribution in [1.29, 1.82) is 5.26 Å². The van der Waals surface area contributed by atoms with E-state index >= 15 is 0 Å². The van der Waals surface area contributed by atoms with Gasteiger partial charge in [0.25, 0.3) is 0 Å². The van der Waals surface area contributed by atoms with E-state index in [2.05, 4.69) is 17.0 Å². The van der Waals surface area contributed by atoms with Gasteiger partial charge in [-0.1, -0.05) is 5.39 Å². The van der Waals surface area contributed by atoms with Crippen molar-refractivity contribution < 1.29 is 29.9 Å². The fourth-order valence-electron chi connectivity index (χ4n) is 4.11. The molecule has 4 aromatic heterocycles. The van der Waals surface area contributed by atoms with Gasteiger partial charge in [0, 0.05) is 23.6 Å². The third kappa shape index (κ3) is 3.64. The van der Waals surface area contributed by atoms with Crippen LogP contribution in [0.15, 0.2) is 69.8 Å². The Bertz CT molecular complexity index is 1690. The fraction of sp³-hybridized carbons (Fsp3) is 0.111. The molecule has 4 heterocycles. The Hall–Kier alpha value is -4.39. The summed E-state index contributed by atoms with van der Waals surface area (Å²) in [4.78, 5) is 3.38. The van der Waals surface area contributed by atoms with Crippen molar-refractivity contribution in [1.82, 2.24) is 19.6 Å². The Kier molecular flexibility index (Phi) is 5.63. The van der Waals surface area contributed by atoms with Crippen LogP contribution >= 0.6 is 0 Å². The summed E-state index contributed by atoms with van der Waals surface area (Å²) >= 11 is 0. The second-order valence-corrected chi connectivity index (χ2v) is 8.56. The molecule has 176 valence electrons. The molecule has 0 saturated carbocycles. The summed E-state index contributed by atoms with van der Waals surface area (Å²) in [6.45, 7) is 11.3. The van der Waals surface area contributed by atoms with Crippen molar-refractivity contribution in [3.8, 4) is 17.4 Å². The SMILES string of the molecule is [C-]#[N+]c1cc2cc[c-]c(-n3ccc(C(C)(C)c4ccn(-c5[c-]ccc6cc(C#N)oc56)n4)n3)c2o1.[Pt+2]. The summed E-state index contributed by atoms with van der Waals surface area (Å²) in [7, 11) is 0. The van der Waals surface area contributed by atoms with Crippen molar-refractivity contribution in [2.45, 2.75) is 19.3 Å². The molecular weight excluding hydrogens is 635 g/mol. The van der Waals surface area contributed by atoms with Crippen molar-refractivity contribution in [3.63, 3.8) is 0 Å². The number of rotatable bonds is 4. The maximum absolute atomic E-state index is 9.19. The summed E-state index contributed by atoms with van der Waals surface area (Å²) in [6.07, 6.45) is 3.69. The minimum absolute atomic E-state index is 0. The Labute approximate surface area is 220 Å². The van der Waals surface area contributed by atoms with Gasteiger partial charge in [-0.3, -0.25) is 9.36 Å². The predicted molar refractivity (Wildman–Crippen MR) is 127 cm³/mol. The molecule has 2 aromatic carbocycles. The Morgan fingerprint density at radius 1 is 0.917 bits per heavy atom. The number of benzene rings is 2. The number of fused-ring (bicyclic) bond motifs is 2. The minimum atomic E-state index is -0.524. The predicted octanol–water partition coefficient (Wildman–Crippen LogP) is 5.90. The molecule has 0 atom stereocenters. The molecule has 0 amide bonds. The first-order chi connectivity index (χ1) is 17.0. The van der Waals surface area contributed by atoms with E-state index in [0.29, 0.717) is 22.5 Å². The quantitative estimate of drug-likeness (QED) is 0.222. The Balaban J connectivity index is 0.00000267. The normalized spacial score (nSPS) is 11.3. The van der Waals surface area contributed by atoms with Crippen LogP contribution in [0.1, 0.15) is 31.0 Å². The topological polar surface area (TPSA) is 90.1 Å². The van der Waals surface area contributed by atoms with E-state index in [0.717, 1.165) is 22.2 Å². The van der Waals surface area contributed by atoms with Crippen LogP contribution in [0.4, 0.5) is 5.88 Å². The van der Waals surface area contributed by atoms with E-state index < -0.39 is 5.41 Å². The van der Waals surface area contributed by atoms with E-state index in [4.69, 9.17) is 25.6 Å². The van der Waals surface area contributed by atoms with Crippen molar-refractivity contribution >= 4 is 27.8 Å². The summed E-state index contributed by atoms with van der Waals surface area (Å²) < 4.78 is 14.8. The molecule has 0 N–H and O–H groups in total. The molecule has 36 heavy (non-hydrogen) atoms. The molecule has 0 unspecified atom stereocenters. The summed E-state index contributed by atoms with van der Waals surface area (Å²) in [5.41, 5.74) is 3.47. The summed E-state index contributed by atoms with van der Waals surface area (Å²) in [5.74, 6) is 0.468. The zero-order valence-electron chi connectivity index (χ0n) is 19.1. The Morgan fingerprint density at radius 2 is 1.47 bits per heavy atom. The second-order valence-electron chi connectivity index (χ2n) is 8.56. The van der Waals surface area contributed by atoms with E-state index in [1.54, 1.807) is 33.6 Å². The molecular formula is C27H16N6O2Pt. The third-order valence-electron chi connectivity index (χ3n) is 6.04. The largest absolute Gasteiger partial charge is 2.00 e. The first kappa shape index (κ1) is 23.4. The standard InChI is InChI=1S/C27H16N6O2.Pt/c1-27(2,22-10-12-32(30-22)20-8-4-6-17-14-19(16-28)34-25(17)20)23-11-13-33(31-23)21-9-5-7-18-15-24(29-3)35-26(18)21;/h4-7,10-15H,1-2H3;/q-2;+2. The number of furan rings is 2. The van der Waals surface area contributed by atoms with Gasteiger partial charge >= 0.3 is 26.9 Å². The number of nitriles is 1. The minimum Gasteiger partial charge on any atom is -0.542 e. The fourth-order valence-corrected chi connectivity index (χ4v) is 4.11. The smallest absolute Gasteiger partial charge is 0.542 e. The van der Waals surface area contributed by atoms with E-state index in [-0.39, 0.29) is 32.7 Å². The van der Waals surface area contributed by atoms with E-state index in [1.807, 2.05) is 56.6 Å². The van der Waals surface area contributed by atoms with Crippen LogP contribution in [0.5, 0.6) is 0 Å². The van der Waals surface area contributed by atoms with Crippen LogP contribution < -0.4 is 0 Å². The molecule has 0 aliphatic heterocycles. The van der Waals surface area contributed by atoms with Crippen LogP contribution in [0.2, 0.25) is 0 Å². The van der Waals surface area contributed by atoms with Gasteiger partial charge in [0.2, 0.25) is 0 Å². The molecule has 0 radical (unpaired) electrons. The maximum Gasteiger partial charge on any atom is 2.00 e. The molecule has 0 saturated heterocycles. The molecule has 0 aliphatic rings. The molecule has 0 bridgehead atoms. The average Bonchev–Trinajstić information content (AvgIpc) is 3.67. The molecule has 0 spiro atoms. The number of nitrogens with zero attached hydrogens (tertiary/aromatic N) is 6. The number of aromatic nitrogens is 4. The van der Waals surface area contributed by atoms with Crippen LogP contribution in [0, 0.1) is 30.0 Å². The number of hydrogen-bond acceptors (Lipinski definition) is 5. The van der Waals surface area contributed by atoms with Crippen LogP contribution in [-0.4, -0.2) is 19.6 Å². The van der Waals surface area contributed by atoms with E-state index in [1.165, 1.54) is 0 Å². The van der Waals surface area contributed by atoms with Gasteiger partial charge in [0.15, 0.2) is 5.76 Å². The van der Waals surface area contributed by atoms with Gasteiger partial charge in [0.05, 0.1) is 23.4 Å². The summed E-state index contributed by atoms with van der Waals surface area (Å²) in [6, 6.07) is 22.9. The van der Waals surface area contributed by atoms with Gasteiger partial charge in [-0.25, -0.2) is 0 Å². The molecule has 8 nitrogen and oxygen atoms in total. The van der Waals surface area contributed by atoms with Gasteiger partial charge in [0.1, 0.15) is 6.07 Å². The summed E-state index contributed by atoms with van der Waals surface area (Å²) in [5, 5.41) is 20.4. The molecule has 6 aromatic rings. The first-order valence-corrected chi connectivity index (χ1v) is 10.8. The zero-order chi connectivity index (χ0) is 24.2. The molecule has 6 rings (SSSR count).